The van der Waals surface area contributed by atoms with Crippen molar-refractivity contribution in [3.8, 4) is 11.3 Å². The topological polar surface area (TPSA) is 72.3 Å². The molecule has 3 aromatic rings. The fraction of sp³-hybridized carbons (Fsp3) is 0.273. The second-order valence-electron chi connectivity index (χ2n) is 3.85. The van der Waals surface area contributed by atoms with E-state index in [2.05, 4.69) is 32.4 Å². The lowest BCUT2D eigenvalue weighted by Crippen LogP contribution is -1.95. The van der Waals surface area contributed by atoms with E-state index in [0.717, 1.165) is 29.7 Å². The van der Waals surface area contributed by atoms with E-state index >= 15 is 0 Å². The number of nitrogens with one attached hydrogen (secondary N) is 1. The van der Waals surface area contributed by atoms with Crippen molar-refractivity contribution in [1.82, 2.24) is 30.2 Å². The van der Waals surface area contributed by atoms with Gasteiger partial charge in [0.1, 0.15) is 5.52 Å². The minimum absolute atomic E-state index is 0.630. The number of aromatic amines is 1. The van der Waals surface area contributed by atoms with Crippen LogP contribution in [0, 0.1) is 0 Å². The van der Waals surface area contributed by atoms with E-state index in [1.54, 1.807) is 0 Å². The van der Waals surface area contributed by atoms with Crippen molar-refractivity contribution in [3.63, 3.8) is 0 Å². The van der Waals surface area contributed by atoms with Crippen molar-refractivity contribution in [2.75, 3.05) is 0 Å². The van der Waals surface area contributed by atoms with Gasteiger partial charge in [-0.3, -0.25) is 4.68 Å². The van der Waals surface area contributed by atoms with Gasteiger partial charge < -0.3 is 0 Å². The van der Waals surface area contributed by atoms with Crippen LogP contribution >= 0.6 is 0 Å². The van der Waals surface area contributed by atoms with Crippen LogP contribution in [0.5, 0.6) is 0 Å². The first-order valence-corrected chi connectivity index (χ1v) is 5.57. The van der Waals surface area contributed by atoms with Crippen molar-refractivity contribution in [3.05, 3.63) is 24.5 Å². The highest BCUT2D eigenvalue weighted by Gasteiger charge is 2.06. The normalized spacial score (nSPS) is 11.1. The molecule has 0 radical (unpaired) electrons. The van der Waals surface area contributed by atoms with Gasteiger partial charge in [0.05, 0.1) is 11.9 Å². The first-order chi connectivity index (χ1) is 8.36. The molecule has 1 N–H and O–H groups in total. The molecule has 0 aliphatic carbocycles. The molecular formula is C11H12N6. The van der Waals surface area contributed by atoms with Gasteiger partial charge in [-0.2, -0.15) is 15.4 Å². The van der Waals surface area contributed by atoms with Crippen LogP contribution in [0.2, 0.25) is 0 Å². The van der Waals surface area contributed by atoms with Crippen LogP contribution in [-0.2, 0) is 6.54 Å². The predicted molar refractivity (Wildman–Crippen MR) is 63.2 cm³/mol. The Morgan fingerprint density at radius 2 is 2.24 bits per heavy atom. The average molecular weight is 228 g/mol. The van der Waals surface area contributed by atoms with Gasteiger partial charge in [0.2, 0.25) is 5.65 Å². The summed E-state index contributed by atoms with van der Waals surface area (Å²) in [5, 5.41) is 14.8. The fourth-order valence-electron chi connectivity index (χ4n) is 1.74. The molecule has 3 aromatic heterocycles. The lowest BCUT2D eigenvalue weighted by Gasteiger charge is -1.96. The van der Waals surface area contributed by atoms with Gasteiger partial charge in [0.25, 0.3) is 0 Å². The van der Waals surface area contributed by atoms with Crippen LogP contribution in [0.4, 0.5) is 0 Å². The third kappa shape index (κ3) is 1.77. The van der Waals surface area contributed by atoms with Crippen molar-refractivity contribution >= 4 is 11.2 Å². The summed E-state index contributed by atoms with van der Waals surface area (Å²) in [5.41, 5.74) is 3.28. The van der Waals surface area contributed by atoms with Crippen LogP contribution in [0.15, 0.2) is 24.5 Å². The van der Waals surface area contributed by atoms with Gasteiger partial charge in [0.15, 0.2) is 0 Å². The molecule has 0 bridgehead atoms. The molecule has 3 rings (SSSR count). The Bertz CT molecular complexity index is 638. The van der Waals surface area contributed by atoms with Gasteiger partial charge in [-0.15, -0.1) is 5.10 Å². The number of pyridine rings is 1. The minimum atomic E-state index is 0.630. The van der Waals surface area contributed by atoms with Crippen LogP contribution in [0.1, 0.15) is 13.3 Å². The second-order valence-corrected chi connectivity index (χ2v) is 3.85. The van der Waals surface area contributed by atoms with E-state index in [4.69, 9.17) is 0 Å². The molecule has 17 heavy (non-hydrogen) atoms. The quantitative estimate of drug-likeness (QED) is 0.739. The summed E-state index contributed by atoms with van der Waals surface area (Å²) in [5.74, 6) is 0. The Kier molecular flexibility index (Phi) is 2.32. The highest BCUT2D eigenvalue weighted by Crippen LogP contribution is 2.18. The third-order valence-electron chi connectivity index (χ3n) is 2.56. The van der Waals surface area contributed by atoms with Gasteiger partial charge >= 0.3 is 0 Å². The number of aromatic nitrogens is 6. The molecule has 86 valence electrons. The predicted octanol–water partition coefficient (Wildman–Crippen LogP) is 1.63. The van der Waals surface area contributed by atoms with Crippen molar-refractivity contribution < 1.29 is 0 Å². The minimum Gasteiger partial charge on any atom is -0.272 e. The fourth-order valence-corrected chi connectivity index (χ4v) is 1.74. The summed E-state index contributed by atoms with van der Waals surface area (Å²) in [6.45, 7) is 3.05. The van der Waals surface area contributed by atoms with E-state index in [1.807, 2.05) is 29.2 Å². The molecule has 0 unspecified atom stereocenters. The second kappa shape index (κ2) is 3.97. The molecule has 0 spiro atoms. The summed E-state index contributed by atoms with van der Waals surface area (Å²) in [7, 11) is 0. The number of aryl methyl sites for hydroxylation is 1. The molecule has 3 heterocycles. The molecule has 0 fully saturated rings. The Morgan fingerprint density at radius 1 is 1.29 bits per heavy atom. The molecular weight excluding hydrogens is 216 g/mol. The maximum Gasteiger partial charge on any atom is 0.202 e. The monoisotopic (exact) mass is 228 g/mol. The molecule has 0 amide bonds. The van der Waals surface area contributed by atoms with Crippen LogP contribution in [0.25, 0.3) is 22.4 Å². The van der Waals surface area contributed by atoms with Crippen molar-refractivity contribution in [2.24, 2.45) is 0 Å². The SMILES string of the molecule is CCCn1cc(-c2ccc3n[nH]nc3n2)cn1. The molecule has 0 saturated heterocycles. The number of hydrogen-bond donors (Lipinski definition) is 1. The zero-order chi connectivity index (χ0) is 11.7. The average Bonchev–Trinajstić information content (AvgIpc) is 2.96. The van der Waals surface area contributed by atoms with E-state index in [1.165, 1.54) is 0 Å². The van der Waals surface area contributed by atoms with Crippen molar-refractivity contribution in [2.45, 2.75) is 19.9 Å². The Balaban J connectivity index is 2.00. The number of fused-ring (bicyclic) bond motifs is 1. The molecule has 0 atom stereocenters. The zero-order valence-corrected chi connectivity index (χ0v) is 9.46. The van der Waals surface area contributed by atoms with Gasteiger partial charge in [0, 0.05) is 18.3 Å². The Morgan fingerprint density at radius 3 is 3.12 bits per heavy atom. The van der Waals surface area contributed by atoms with E-state index in [0.29, 0.717) is 5.65 Å². The van der Waals surface area contributed by atoms with E-state index in [9.17, 15) is 0 Å². The number of hydrogen-bond acceptors (Lipinski definition) is 4. The Labute approximate surface area is 97.7 Å². The lowest BCUT2D eigenvalue weighted by molar-refractivity contribution is 0.603. The number of rotatable bonds is 3. The molecule has 0 aliphatic rings. The molecule has 0 aromatic carbocycles. The van der Waals surface area contributed by atoms with Crippen LogP contribution in [-0.4, -0.2) is 30.2 Å². The number of H-pyrrole nitrogens is 1. The van der Waals surface area contributed by atoms with Gasteiger partial charge in [-0.1, -0.05) is 6.92 Å². The summed E-state index contributed by atoms with van der Waals surface area (Å²) < 4.78 is 1.92. The molecule has 0 saturated carbocycles. The van der Waals surface area contributed by atoms with Crippen LogP contribution in [0.3, 0.4) is 0 Å². The summed E-state index contributed by atoms with van der Waals surface area (Å²) in [6.07, 6.45) is 4.89. The summed E-state index contributed by atoms with van der Waals surface area (Å²) in [4.78, 5) is 4.42. The van der Waals surface area contributed by atoms with Gasteiger partial charge in [-0.25, -0.2) is 4.98 Å². The molecule has 6 heteroatoms. The summed E-state index contributed by atoms with van der Waals surface area (Å²) in [6, 6.07) is 3.83. The third-order valence-corrected chi connectivity index (χ3v) is 2.56. The van der Waals surface area contributed by atoms with E-state index < -0.39 is 0 Å². The van der Waals surface area contributed by atoms with Crippen LogP contribution < -0.4 is 0 Å². The first-order valence-electron chi connectivity index (χ1n) is 5.57. The van der Waals surface area contributed by atoms with E-state index in [-0.39, 0.29) is 0 Å². The molecule has 6 nitrogen and oxygen atoms in total. The largest absolute Gasteiger partial charge is 0.272 e. The zero-order valence-electron chi connectivity index (χ0n) is 9.46. The highest BCUT2D eigenvalue weighted by molar-refractivity contribution is 5.73. The maximum absolute atomic E-state index is 4.42. The standard InChI is InChI=1S/C11H12N6/c1-2-5-17-7-8(6-12-17)9-3-4-10-11(13-9)15-16-14-10/h3-4,6-7H,2,5H2,1H3,(H,13,14,15,16). The summed E-state index contributed by atoms with van der Waals surface area (Å²) >= 11 is 0. The highest BCUT2D eigenvalue weighted by atomic mass is 15.3. The Hall–Kier alpha value is -2.24. The van der Waals surface area contributed by atoms with Gasteiger partial charge in [-0.05, 0) is 18.6 Å². The maximum atomic E-state index is 4.42. The number of nitrogens with zero attached hydrogens (tertiary/aromatic N) is 5. The lowest BCUT2D eigenvalue weighted by atomic mass is 10.2. The molecule has 0 aliphatic heterocycles. The smallest absolute Gasteiger partial charge is 0.202 e. The first kappa shape index (κ1) is 9.95. The van der Waals surface area contributed by atoms with Crippen molar-refractivity contribution in [1.29, 1.82) is 0 Å².